The van der Waals surface area contributed by atoms with Crippen LogP contribution < -0.4 is 5.32 Å². The molecule has 0 saturated heterocycles. The number of fused-ring (bicyclic) bond motifs is 1. The molecule has 4 heteroatoms. The molecule has 3 aromatic rings. The van der Waals surface area contributed by atoms with Gasteiger partial charge in [-0.2, -0.15) is 0 Å². The molecule has 0 unspecified atom stereocenters. The third-order valence-corrected chi connectivity index (χ3v) is 3.39. The van der Waals surface area contributed by atoms with Crippen LogP contribution in [0.1, 0.15) is 5.56 Å². The summed E-state index contributed by atoms with van der Waals surface area (Å²) in [6, 6.07) is 13.0. The SMILES string of the molecule is Fc1c(Cl)cccc1NCc1c[nH]c2ccccc12. The molecule has 0 aliphatic heterocycles. The van der Waals surface area contributed by atoms with Gasteiger partial charge >= 0.3 is 0 Å². The van der Waals surface area contributed by atoms with Gasteiger partial charge in [0.25, 0.3) is 0 Å². The summed E-state index contributed by atoms with van der Waals surface area (Å²) in [6.45, 7) is 0.543. The summed E-state index contributed by atoms with van der Waals surface area (Å²) in [7, 11) is 0. The van der Waals surface area contributed by atoms with Gasteiger partial charge in [0.2, 0.25) is 0 Å². The highest BCUT2D eigenvalue weighted by molar-refractivity contribution is 6.31. The predicted octanol–water partition coefficient (Wildman–Crippen LogP) is 4.57. The van der Waals surface area contributed by atoms with Crippen molar-refractivity contribution in [3.05, 3.63) is 65.1 Å². The van der Waals surface area contributed by atoms with Gasteiger partial charge in [-0.25, -0.2) is 4.39 Å². The van der Waals surface area contributed by atoms with E-state index in [1.54, 1.807) is 12.1 Å². The van der Waals surface area contributed by atoms with Crippen molar-refractivity contribution in [3.63, 3.8) is 0 Å². The maximum absolute atomic E-state index is 13.7. The van der Waals surface area contributed by atoms with Gasteiger partial charge in [0.05, 0.1) is 10.7 Å². The van der Waals surface area contributed by atoms with Gasteiger partial charge in [-0.15, -0.1) is 0 Å². The average Bonchev–Trinajstić information content (AvgIpc) is 2.84. The molecule has 0 fully saturated rings. The maximum Gasteiger partial charge on any atom is 0.164 e. The Labute approximate surface area is 115 Å². The Morgan fingerprint density at radius 1 is 1.11 bits per heavy atom. The summed E-state index contributed by atoms with van der Waals surface area (Å²) in [6.07, 6.45) is 1.93. The summed E-state index contributed by atoms with van der Waals surface area (Å²) in [4.78, 5) is 3.19. The Morgan fingerprint density at radius 3 is 2.84 bits per heavy atom. The lowest BCUT2D eigenvalue weighted by Gasteiger charge is -2.07. The van der Waals surface area contributed by atoms with Crippen molar-refractivity contribution in [2.45, 2.75) is 6.54 Å². The van der Waals surface area contributed by atoms with Gasteiger partial charge in [-0.1, -0.05) is 35.9 Å². The van der Waals surface area contributed by atoms with E-state index >= 15 is 0 Å². The molecular formula is C15H12ClFN2. The van der Waals surface area contributed by atoms with Gasteiger partial charge in [-0.3, -0.25) is 0 Å². The number of halogens is 2. The lowest BCUT2D eigenvalue weighted by molar-refractivity contribution is 0.630. The van der Waals surface area contributed by atoms with Crippen molar-refractivity contribution in [3.8, 4) is 0 Å². The van der Waals surface area contributed by atoms with E-state index in [1.165, 1.54) is 6.07 Å². The molecule has 1 heterocycles. The van der Waals surface area contributed by atoms with E-state index in [4.69, 9.17) is 11.6 Å². The molecule has 2 nitrogen and oxygen atoms in total. The molecule has 0 aliphatic rings. The van der Waals surface area contributed by atoms with Crippen LogP contribution in [0.15, 0.2) is 48.7 Å². The summed E-state index contributed by atoms with van der Waals surface area (Å²) < 4.78 is 13.7. The zero-order valence-electron chi connectivity index (χ0n) is 10.1. The molecule has 0 bridgehead atoms. The van der Waals surface area contributed by atoms with Gasteiger partial charge in [0, 0.05) is 23.6 Å². The minimum absolute atomic E-state index is 0.129. The van der Waals surface area contributed by atoms with Crippen molar-refractivity contribution in [2.24, 2.45) is 0 Å². The molecule has 19 heavy (non-hydrogen) atoms. The first-order valence-corrected chi connectivity index (χ1v) is 6.36. The van der Waals surface area contributed by atoms with E-state index in [-0.39, 0.29) is 5.02 Å². The van der Waals surface area contributed by atoms with Crippen LogP contribution in [-0.2, 0) is 6.54 Å². The van der Waals surface area contributed by atoms with Crippen LogP contribution >= 0.6 is 11.6 Å². The first-order valence-electron chi connectivity index (χ1n) is 5.98. The fourth-order valence-corrected chi connectivity index (χ4v) is 2.28. The van der Waals surface area contributed by atoms with Gasteiger partial charge in [-0.05, 0) is 23.8 Å². The van der Waals surface area contributed by atoms with Crippen LogP contribution in [0.4, 0.5) is 10.1 Å². The summed E-state index contributed by atoms with van der Waals surface area (Å²) in [5.41, 5.74) is 2.58. The zero-order chi connectivity index (χ0) is 13.2. The molecule has 0 radical (unpaired) electrons. The number of benzene rings is 2. The second kappa shape index (κ2) is 4.94. The van der Waals surface area contributed by atoms with Gasteiger partial charge in [0.1, 0.15) is 0 Å². The zero-order valence-corrected chi connectivity index (χ0v) is 10.8. The number of rotatable bonds is 3. The predicted molar refractivity (Wildman–Crippen MR) is 77.0 cm³/mol. The van der Waals surface area contributed by atoms with E-state index in [0.717, 1.165) is 16.5 Å². The molecule has 1 aromatic heterocycles. The second-order valence-corrected chi connectivity index (χ2v) is 4.72. The maximum atomic E-state index is 13.7. The minimum atomic E-state index is -0.413. The normalized spacial score (nSPS) is 10.8. The van der Waals surface area contributed by atoms with E-state index in [2.05, 4.69) is 10.3 Å². The molecule has 0 atom stereocenters. The highest BCUT2D eigenvalue weighted by Gasteiger charge is 2.07. The number of para-hydroxylation sites is 1. The fraction of sp³-hybridized carbons (Fsp3) is 0.0667. The summed E-state index contributed by atoms with van der Waals surface area (Å²) in [5, 5.41) is 4.33. The van der Waals surface area contributed by atoms with E-state index in [1.807, 2.05) is 30.5 Å². The molecular weight excluding hydrogens is 263 g/mol. The first-order chi connectivity index (χ1) is 9.25. The number of anilines is 1. The van der Waals surface area contributed by atoms with Gasteiger partial charge < -0.3 is 10.3 Å². The lowest BCUT2D eigenvalue weighted by atomic mass is 10.2. The first kappa shape index (κ1) is 12.1. The Balaban J connectivity index is 1.84. The number of hydrogen-bond donors (Lipinski definition) is 2. The molecule has 0 amide bonds. The summed E-state index contributed by atoms with van der Waals surface area (Å²) >= 11 is 5.75. The van der Waals surface area contributed by atoms with Crippen LogP contribution in [0.5, 0.6) is 0 Å². The minimum Gasteiger partial charge on any atom is -0.378 e. The average molecular weight is 275 g/mol. The third-order valence-electron chi connectivity index (χ3n) is 3.10. The van der Waals surface area contributed by atoms with Crippen LogP contribution in [0, 0.1) is 5.82 Å². The highest BCUT2D eigenvalue weighted by Crippen LogP contribution is 2.24. The Bertz CT molecular complexity index is 721. The molecule has 0 aliphatic carbocycles. The van der Waals surface area contributed by atoms with Crippen molar-refractivity contribution in [1.29, 1.82) is 0 Å². The van der Waals surface area contributed by atoms with E-state index < -0.39 is 5.82 Å². The van der Waals surface area contributed by atoms with Crippen LogP contribution in [0.3, 0.4) is 0 Å². The number of aromatic amines is 1. The number of nitrogens with one attached hydrogen (secondary N) is 2. The molecule has 3 rings (SSSR count). The fourth-order valence-electron chi connectivity index (χ4n) is 2.11. The Morgan fingerprint density at radius 2 is 1.95 bits per heavy atom. The highest BCUT2D eigenvalue weighted by atomic mass is 35.5. The molecule has 2 N–H and O–H groups in total. The second-order valence-electron chi connectivity index (χ2n) is 4.31. The van der Waals surface area contributed by atoms with Crippen LogP contribution in [-0.4, -0.2) is 4.98 Å². The Hall–Kier alpha value is -2.00. The van der Waals surface area contributed by atoms with Crippen molar-refractivity contribution >= 4 is 28.2 Å². The smallest absolute Gasteiger partial charge is 0.164 e. The monoisotopic (exact) mass is 274 g/mol. The van der Waals surface area contributed by atoms with E-state index in [9.17, 15) is 4.39 Å². The van der Waals surface area contributed by atoms with Crippen molar-refractivity contribution in [1.82, 2.24) is 4.98 Å². The lowest BCUT2D eigenvalue weighted by Crippen LogP contribution is -2.01. The largest absolute Gasteiger partial charge is 0.378 e. The van der Waals surface area contributed by atoms with Crippen molar-refractivity contribution in [2.75, 3.05) is 5.32 Å². The quantitative estimate of drug-likeness (QED) is 0.719. The van der Waals surface area contributed by atoms with Crippen LogP contribution in [0.25, 0.3) is 10.9 Å². The molecule has 0 spiro atoms. The van der Waals surface area contributed by atoms with Crippen molar-refractivity contribution < 1.29 is 4.39 Å². The third kappa shape index (κ3) is 2.29. The molecule has 0 saturated carbocycles. The number of hydrogen-bond acceptors (Lipinski definition) is 1. The number of H-pyrrole nitrogens is 1. The molecule has 96 valence electrons. The number of aromatic nitrogens is 1. The summed E-state index contributed by atoms with van der Waals surface area (Å²) in [5.74, 6) is -0.413. The Kier molecular flexibility index (Phi) is 3.13. The van der Waals surface area contributed by atoms with Crippen LogP contribution in [0.2, 0.25) is 5.02 Å². The standard InChI is InChI=1S/C15H12ClFN2/c16-12-5-3-7-14(15(12)17)19-9-10-8-18-13-6-2-1-4-11(10)13/h1-8,18-19H,9H2. The van der Waals surface area contributed by atoms with Gasteiger partial charge in [0.15, 0.2) is 5.82 Å². The molecule has 2 aromatic carbocycles. The topological polar surface area (TPSA) is 27.8 Å². The van der Waals surface area contributed by atoms with E-state index in [0.29, 0.717) is 12.2 Å².